The van der Waals surface area contributed by atoms with Gasteiger partial charge in [-0.25, -0.2) is 4.57 Å². The Bertz CT molecular complexity index is 1050. The number of benzene rings is 2. The van der Waals surface area contributed by atoms with E-state index in [0.717, 1.165) is 41.0 Å². The highest BCUT2D eigenvalue weighted by atomic mass is 32.2. The van der Waals surface area contributed by atoms with Gasteiger partial charge < -0.3 is 9.26 Å². The highest BCUT2D eigenvalue weighted by Gasteiger charge is 2.36. The Morgan fingerprint density at radius 3 is 2.44 bits per heavy atom. The topological polar surface area (TPSA) is 65.0 Å². The maximum Gasteiger partial charge on any atom is 0.527 e. The zero-order valence-electron chi connectivity index (χ0n) is 19.0. The van der Waals surface area contributed by atoms with E-state index in [1.54, 1.807) is 24.9 Å². The van der Waals surface area contributed by atoms with Crippen molar-refractivity contribution in [2.45, 2.75) is 62.3 Å². The van der Waals surface area contributed by atoms with Crippen LogP contribution in [0.15, 0.2) is 52.3 Å². The number of methoxy groups -OCH3 is 1. The quantitative estimate of drug-likeness (QED) is 0.456. The summed E-state index contributed by atoms with van der Waals surface area (Å²) >= 11 is 1.55. The third kappa shape index (κ3) is 5.26. The first-order valence-electron chi connectivity index (χ1n) is 11.0. The van der Waals surface area contributed by atoms with Gasteiger partial charge in [0.25, 0.3) is 0 Å². The van der Waals surface area contributed by atoms with E-state index in [-0.39, 0.29) is 11.5 Å². The van der Waals surface area contributed by atoms with Crippen molar-refractivity contribution in [2.75, 3.05) is 7.11 Å². The van der Waals surface area contributed by atoms with Gasteiger partial charge >= 0.3 is 7.82 Å². The number of rotatable bonds is 5. The van der Waals surface area contributed by atoms with Crippen LogP contribution in [0.5, 0.6) is 5.75 Å². The van der Waals surface area contributed by atoms with E-state index in [0.29, 0.717) is 23.0 Å². The fourth-order valence-electron chi connectivity index (χ4n) is 4.44. The first-order valence-corrected chi connectivity index (χ1v) is 13.3. The van der Waals surface area contributed by atoms with Crippen LogP contribution in [0.3, 0.4) is 0 Å². The fourth-order valence-corrected chi connectivity index (χ4v) is 6.61. The molecule has 32 heavy (non-hydrogen) atoms. The molecule has 0 saturated heterocycles. The SMILES string of the molecule is COc1cccc2c1Sc1ccccc1C=C2OP(=O)(O)OC1CCC(C(C)(C)C)CC1. The molecule has 2 aromatic rings. The Balaban J connectivity index is 1.58. The first kappa shape index (κ1) is 23.4. The Kier molecular flexibility index (Phi) is 6.78. The molecule has 1 heterocycles. The third-order valence-corrected chi connectivity index (χ3v) is 8.49. The Morgan fingerprint density at radius 2 is 1.75 bits per heavy atom. The van der Waals surface area contributed by atoms with Gasteiger partial charge in [-0.1, -0.05) is 56.8 Å². The van der Waals surface area contributed by atoms with Crippen molar-refractivity contribution < 1.29 is 23.2 Å². The normalized spacial score (nSPS) is 22.6. The predicted molar refractivity (Wildman–Crippen MR) is 129 cm³/mol. The van der Waals surface area contributed by atoms with Crippen molar-refractivity contribution in [3.05, 3.63) is 53.6 Å². The summed E-state index contributed by atoms with van der Waals surface area (Å²) in [6.45, 7) is 6.75. The lowest BCUT2D eigenvalue weighted by Crippen LogP contribution is -2.28. The molecule has 1 aliphatic heterocycles. The van der Waals surface area contributed by atoms with E-state index < -0.39 is 7.82 Å². The monoisotopic (exact) mass is 474 g/mol. The number of fused-ring (bicyclic) bond motifs is 2. The summed E-state index contributed by atoms with van der Waals surface area (Å²) in [7, 11) is -2.70. The highest BCUT2D eigenvalue weighted by molar-refractivity contribution is 7.99. The van der Waals surface area contributed by atoms with Crippen molar-refractivity contribution in [1.29, 1.82) is 0 Å². The lowest BCUT2D eigenvalue weighted by Gasteiger charge is -2.37. The molecule has 0 bridgehead atoms. The van der Waals surface area contributed by atoms with Gasteiger partial charge in [-0.2, -0.15) is 0 Å². The van der Waals surface area contributed by atoms with Crippen LogP contribution in [0.25, 0.3) is 11.8 Å². The number of hydrogen-bond donors (Lipinski definition) is 1. The largest absolute Gasteiger partial charge is 0.527 e. The number of phosphoric acid groups is 1. The summed E-state index contributed by atoms with van der Waals surface area (Å²) in [6.07, 6.45) is 5.02. The van der Waals surface area contributed by atoms with Gasteiger partial charge in [-0.3, -0.25) is 9.42 Å². The fraction of sp³-hybridized carbons (Fsp3) is 0.440. The van der Waals surface area contributed by atoms with Crippen molar-refractivity contribution in [3.63, 3.8) is 0 Å². The van der Waals surface area contributed by atoms with Crippen LogP contribution in [0.4, 0.5) is 0 Å². The van der Waals surface area contributed by atoms with E-state index in [9.17, 15) is 9.46 Å². The van der Waals surface area contributed by atoms with Gasteiger partial charge in [0.05, 0.1) is 18.1 Å². The summed E-state index contributed by atoms with van der Waals surface area (Å²) in [5.74, 6) is 1.59. The van der Waals surface area contributed by atoms with Crippen LogP contribution in [-0.2, 0) is 13.6 Å². The van der Waals surface area contributed by atoms with Gasteiger partial charge in [0.1, 0.15) is 11.5 Å². The molecule has 1 atom stereocenters. The Hall–Kier alpha value is -1.72. The van der Waals surface area contributed by atoms with Crippen molar-refractivity contribution in [2.24, 2.45) is 11.3 Å². The maximum atomic E-state index is 13.0. The molecular weight excluding hydrogens is 443 g/mol. The minimum absolute atomic E-state index is 0.239. The summed E-state index contributed by atoms with van der Waals surface area (Å²) in [5, 5.41) is 0. The summed E-state index contributed by atoms with van der Waals surface area (Å²) in [6, 6.07) is 13.5. The number of phosphoric ester groups is 1. The number of ether oxygens (including phenoxy) is 1. The number of hydrogen-bond acceptors (Lipinski definition) is 5. The van der Waals surface area contributed by atoms with Gasteiger partial charge in [-0.15, -0.1) is 0 Å². The highest BCUT2D eigenvalue weighted by Crippen LogP contribution is 2.54. The zero-order valence-corrected chi connectivity index (χ0v) is 20.7. The van der Waals surface area contributed by atoms with E-state index in [1.165, 1.54) is 0 Å². The van der Waals surface area contributed by atoms with Gasteiger partial charge in [0.15, 0.2) is 0 Å². The molecule has 1 N–H and O–H groups in total. The molecule has 7 heteroatoms. The van der Waals surface area contributed by atoms with E-state index in [2.05, 4.69) is 20.8 Å². The van der Waals surface area contributed by atoms with Crippen LogP contribution in [-0.4, -0.2) is 18.1 Å². The molecule has 2 aliphatic rings. The van der Waals surface area contributed by atoms with Crippen LogP contribution >= 0.6 is 19.6 Å². The summed E-state index contributed by atoms with van der Waals surface area (Å²) in [4.78, 5) is 12.5. The molecular formula is C25H31O5PS. The average molecular weight is 475 g/mol. The lowest BCUT2D eigenvalue weighted by molar-refractivity contribution is 0.0636. The van der Waals surface area contributed by atoms with Gasteiger partial charge in [0, 0.05) is 10.5 Å². The van der Waals surface area contributed by atoms with Crippen molar-refractivity contribution >= 4 is 31.4 Å². The Labute approximate surface area is 194 Å². The minimum Gasteiger partial charge on any atom is -0.496 e. The molecule has 1 unspecified atom stereocenters. The van der Waals surface area contributed by atoms with Gasteiger partial charge in [0.2, 0.25) is 0 Å². The van der Waals surface area contributed by atoms with Crippen molar-refractivity contribution in [3.8, 4) is 5.75 Å². The average Bonchev–Trinajstić information content (AvgIpc) is 2.89. The molecule has 1 fully saturated rings. The molecule has 0 aromatic heterocycles. The second-order valence-corrected chi connectivity index (χ2v) is 11.9. The van der Waals surface area contributed by atoms with Crippen molar-refractivity contribution in [1.82, 2.24) is 0 Å². The van der Waals surface area contributed by atoms with Gasteiger partial charge in [-0.05, 0) is 66.9 Å². The second kappa shape index (κ2) is 9.26. The molecule has 0 amide bonds. The summed E-state index contributed by atoms with van der Waals surface area (Å²) in [5.41, 5.74) is 1.86. The first-order chi connectivity index (χ1) is 15.2. The maximum absolute atomic E-state index is 13.0. The van der Waals surface area contributed by atoms with Crippen LogP contribution < -0.4 is 4.74 Å². The molecule has 5 nitrogen and oxygen atoms in total. The molecule has 1 aliphatic carbocycles. The molecule has 172 valence electrons. The van der Waals surface area contributed by atoms with E-state index >= 15 is 0 Å². The van der Waals surface area contributed by atoms with Crippen LogP contribution in [0, 0.1) is 11.3 Å². The summed E-state index contributed by atoms with van der Waals surface area (Å²) < 4.78 is 30.0. The standard InChI is InChI=1S/C25H31O5PS/c1-25(2,3)18-12-14-19(15-13-18)29-31(26,27)30-22-16-17-8-5-6-11-23(17)32-24-20(22)9-7-10-21(24)28-4/h5-11,16,18-19H,12-15H2,1-4H3,(H,26,27). The second-order valence-electron chi connectivity index (χ2n) is 9.49. The molecule has 2 aromatic carbocycles. The van der Waals surface area contributed by atoms with Crippen LogP contribution in [0.1, 0.15) is 57.6 Å². The van der Waals surface area contributed by atoms with E-state index in [4.69, 9.17) is 13.8 Å². The molecule has 1 saturated carbocycles. The smallest absolute Gasteiger partial charge is 0.496 e. The molecule has 0 spiro atoms. The minimum atomic E-state index is -4.32. The predicted octanol–water partition coefficient (Wildman–Crippen LogP) is 7.40. The Morgan fingerprint density at radius 1 is 1.03 bits per heavy atom. The van der Waals surface area contributed by atoms with E-state index in [1.807, 2.05) is 42.5 Å². The third-order valence-electron chi connectivity index (χ3n) is 6.28. The lowest BCUT2D eigenvalue weighted by atomic mass is 9.72. The zero-order chi connectivity index (χ0) is 22.9. The molecule has 0 radical (unpaired) electrons. The van der Waals surface area contributed by atoms with Crippen LogP contribution in [0.2, 0.25) is 0 Å². The molecule has 4 rings (SSSR count).